The second-order valence-corrected chi connectivity index (χ2v) is 4.85. The number of aromatic nitrogens is 2. The van der Waals surface area contributed by atoms with Crippen molar-refractivity contribution >= 4 is 17.5 Å². The topological polar surface area (TPSA) is 58.1 Å². The Labute approximate surface area is 118 Å². The van der Waals surface area contributed by atoms with Gasteiger partial charge in [0.1, 0.15) is 0 Å². The van der Waals surface area contributed by atoms with Crippen LogP contribution in [0.5, 0.6) is 0 Å². The Hall–Kier alpha value is -2.43. The van der Waals surface area contributed by atoms with E-state index in [1.807, 2.05) is 56.3 Å². The van der Waals surface area contributed by atoms with Gasteiger partial charge in [-0.1, -0.05) is 12.1 Å². The summed E-state index contributed by atoms with van der Waals surface area (Å²) in [5.41, 5.74) is 3.46. The number of aryl methyl sites for hydroxylation is 1. The summed E-state index contributed by atoms with van der Waals surface area (Å²) in [6.45, 7) is 3.43. The van der Waals surface area contributed by atoms with E-state index in [1.165, 1.54) is 6.92 Å². The minimum atomic E-state index is -0.0880. The molecule has 0 spiro atoms. The molecule has 20 heavy (non-hydrogen) atoms. The van der Waals surface area contributed by atoms with E-state index >= 15 is 0 Å². The van der Waals surface area contributed by atoms with E-state index in [2.05, 4.69) is 15.3 Å². The van der Waals surface area contributed by atoms with Gasteiger partial charge in [-0.2, -0.15) is 0 Å². The smallest absolute Gasteiger partial charge is 0.225 e. The first-order chi connectivity index (χ1) is 9.45. The normalized spacial score (nSPS) is 10.2. The van der Waals surface area contributed by atoms with Crippen molar-refractivity contribution in [2.45, 2.75) is 13.8 Å². The Morgan fingerprint density at radius 3 is 2.60 bits per heavy atom. The molecule has 2 aromatic rings. The number of hydrogen-bond donors (Lipinski definition) is 1. The fourth-order valence-electron chi connectivity index (χ4n) is 1.86. The van der Waals surface area contributed by atoms with Crippen molar-refractivity contribution in [3.8, 4) is 11.3 Å². The molecule has 104 valence electrons. The highest BCUT2D eigenvalue weighted by atomic mass is 16.1. The number of nitrogens with zero attached hydrogens (tertiary/aromatic N) is 3. The highest BCUT2D eigenvalue weighted by molar-refractivity contribution is 5.89. The van der Waals surface area contributed by atoms with E-state index in [1.54, 1.807) is 0 Å². The lowest BCUT2D eigenvalue weighted by atomic mass is 10.1. The lowest BCUT2D eigenvalue weighted by Crippen LogP contribution is -2.13. The molecule has 1 aromatic heterocycles. The van der Waals surface area contributed by atoms with E-state index in [4.69, 9.17) is 0 Å². The van der Waals surface area contributed by atoms with Gasteiger partial charge >= 0.3 is 0 Å². The summed E-state index contributed by atoms with van der Waals surface area (Å²) in [7, 11) is 3.82. The van der Waals surface area contributed by atoms with Crippen molar-refractivity contribution < 1.29 is 4.79 Å². The number of hydrogen-bond acceptors (Lipinski definition) is 4. The SMILES string of the molecule is CC(=O)Nc1cccc(-c2cc(C)nc(N(C)C)n2)c1. The summed E-state index contributed by atoms with van der Waals surface area (Å²) in [5, 5.41) is 2.77. The fraction of sp³-hybridized carbons (Fsp3) is 0.267. The third-order valence-corrected chi connectivity index (χ3v) is 2.72. The van der Waals surface area contributed by atoms with Crippen LogP contribution in [0.3, 0.4) is 0 Å². The maximum atomic E-state index is 11.1. The van der Waals surface area contributed by atoms with Crippen LogP contribution in [0.25, 0.3) is 11.3 Å². The highest BCUT2D eigenvalue weighted by Gasteiger charge is 2.07. The highest BCUT2D eigenvalue weighted by Crippen LogP contribution is 2.23. The summed E-state index contributed by atoms with van der Waals surface area (Å²) in [6, 6.07) is 9.55. The minimum absolute atomic E-state index is 0.0880. The van der Waals surface area contributed by atoms with E-state index < -0.39 is 0 Å². The summed E-state index contributed by atoms with van der Waals surface area (Å²) in [4.78, 5) is 21.9. The number of nitrogens with one attached hydrogen (secondary N) is 1. The second-order valence-electron chi connectivity index (χ2n) is 4.85. The van der Waals surface area contributed by atoms with Crippen LogP contribution in [0.15, 0.2) is 30.3 Å². The fourth-order valence-corrected chi connectivity index (χ4v) is 1.86. The molecule has 0 aliphatic carbocycles. The molecule has 0 aliphatic rings. The summed E-state index contributed by atoms with van der Waals surface area (Å²) < 4.78 is 0. The van der Waals surface area contributed by atoms with Gasteiger partial charge in [0, 0.05) is 38.0 Å². The molecule has 5 heteroatoms. The summed E-state index contributed by atoms with van der Waals surface area (Å²) in [5.74, 6) is 0.583. The van der Waals surface area contributed by atoms with Gasteiger partial charge in [-0.15, -0.1) is 0 Å². The molecular weight excluding hydrogens is 252 g/mol. The monoisotopic (exact) mass is 270 g/mol. The van der Waals surface area contributed by atoms with Crippen LogP contribution in [-0.2, 0) is 4.79 Å². The number of rotatable bonds is 3. The molecule has 0 aliphatic heterocycles. The summed E-state index contributed by atoms with van der Waals surface area (Å²) in [6.07, 6.45) is 0. The van der Waals surface area contributed by atoms with Gasteiger partial charge in [0.2, 0.25) is 11.9 Å². The van der Waals surface area contributed by atoms with Gasteiger partial charge < -0.3 is 10.2 Å². The molecule has 0 radical (unpaired) electrons. The van der Waals surface area contributed by atoms with E-state index in [-0.39, 0.29) is 5.91 Å². The van der Waals surface area contributed by atoms with Crippen molar-refractivity contribution in [3.63, 3.8) is 0 Å². The molecule has 0 fully saturated rings. The molecule has 0 saturated heterocycles. The quantitative estimate of drug-likeness (QED) is 0.931. The van der Waals surface area contributed by atoms with Crippen molar-refractivity contribution in [3.05, 3.63) is 36.0 Å². The predicted molar refractivity (Wildman–Crippen MR) is 80.8 cm³/mol. The number of amides is 1. The molecule has 0 saturated carbocycles. The second kappa shape index (κ2) is 5.69. The standard InChI is InChI=1S/C15H18N4O/c1-10-8-14(18-15(16-10)19(3)4)12-6-5-7-13(9-12)17-11(2)20/h5-9H,1-4H3,(H,17,20). The Morgan fingerprint density at radius 1 is 1.20 bits per heavy atom. The average molecular weight is 270 g/mol. The minimum Gasteiger partial charge on any atom is -0.347 e. The largest absolute Gasteiger partial charge is 0.347 e. The lowest BCUT2D eigenvalue weighted by molar-refractivity contribution is -0.114. The van der Waals surface area contributed by atoms with Gasteiger partial charge in [-0.3, -0.25) is 4.79 Å². The maximum absolute atomic E-state index is 11.1. The van der Waals surface area contributed by atoms with Crippen molar-refractivity contribution in [2.75, 3.05) is 24.3 Å². The Balaban J connectivity index is 2.43. The first-order valence-electron chi connectivity index (χ1n) is 6.37. The van der Waals surface area contributed by atoms with Crippen LogP contribution in [0, 0.1) is 6.92 Å². The first-order valence-corrected chi connectivity index (χ1v) is 6.37. The third kappa shape index (κ3) is 3.32. The van der Waals surface area contributed by atoms with Crippen LogP contribution in [0.4, 0.5) is 11.6 Å². The molecule has 1 aromatic carbocycles. The zero-order valence-corrected chi connectivity index (χ0v) is 12.1. The Morgan fingerprint density at radius 2 is 1.95 bits per heavy atom. The van der Waals surface area contributed by atoms with Crippen LogP contribution < -0.4 is 10.2 Å². The van der Waals surface area contributed by atoms with Crippen molar-refractivity contribution in [1.82, 2.24) is 9.97 Å². The molecular formula is C15H18N4O. The van der Waals surface area contributed by atoms with Crippen LogP contribution in [-0.4, -0.2) is 30.0 Å². The van der Waals surface area contributed by atoms with E-state index in [0.29, 0.717) is 5.95 Å². The molecule has 0 atom stereocenters. The number of carbonyl (C=O) groups is 1. The van der Waals surface area contributed by atoms with Crippen LogP contribution >= 0.6 is 0 Å². The molecule has 2 rings (SSSR count). The van der Waals surface area contributed by atoms with Gasteiger partial charge in [0.15, 0.2) is 0 Å². The lowest BCUT2D eigenvalue weighted by Gasteiger charge is -2.13. The van der Waals surface area contributed by atoms with Crippen molar-refractivity contribution in [1.29, 1.82) is 0 Å². The van der Waals surface area contributed by atoms with Gasteiger partial charge in [0.05, 0.1) is 5.69 Å². The zero-order chi connectivity index (χ0) is 14.7. The Kier molecular flexibility index (Phi) is 3.98. The number of anilines is 2. The van der Waals surface area contributed by atoms with Crippen molar-refractivity contribution in [2.24, 2.45) is 0 Å². The van der Waals surface area contributed by atoms with Gasteiger partial charge in [0.25, 0.3) is 0 Å². The number of benzene rings is 1. The Bertz CT molecular complexity index is 638. The number of carbonyl (C=O) groups excluding carboxylic acids is 1. The van der Waals surface area contributed by atoms with Gasteiger partial charge in [-0.25, -0.2) is 9.97 Å². The predicted octanol–water partition coefficient (Wildman–Crippen LogP) is 2.48. The summed E-state index contributed by atoms with van der Waals surface area (Å²) >= 11 is 0. The molecule has 5 nitrogen and oxygen atoms in total. The molecule has 1 heterocycles. The van der Waals surface area contributed by atoms with E-state index in [0.717, 1.165) is 22.6 Å². The average Bonchev–Trinajstić information content (AvgIpc) is 2.37. The third-order valence-electron chi connectivity index (χ3n) is 2.72. The maximum Gasteiger partial charge on any atom is 0.225 e. The van der Waals surface area contributed by atoms with E-state index in [9.17, 15) is 4.79 Å². The molecule has 0 unspecified atom stereocenters. The van der Waals surface area contributed by atoms with Crippen LogP contribution in [0.1, 0.15) is 12.6 Å². The molecule has 1 N–H and O–H groups in total. The first kappa shape index (κ1) is 14.0. The molecule has 0 bridgehead atoms. The molecule has 1 amide bonds. The van der Waals surface area contributed by atoms with Crippen LogP contribution in [0.2, 0.25) is 0 Å². The van der Waals surface area contributed by atoms with Gasteiger partial charge in [-0.05, 0) is 25.1 Å². The zero-order valence-electron chi connectivity index (χ0n) is 12.1.